The summed E-state index contributed by atoms with van der Waals surface area (Å²) in [5.41, 5.74) is -3.05. The monoisotopic (exact) mass is 570 g/mol. The molecule has 0 spiro atoms. The molecule has 3 aromatic rings. The Morgan fingerprint density at radius 2 is 1.77 bits per heavy atom. The summed E-state index contributed by atoms with van der Waals surface area (Å²) >= 11 is 17.5. The van der Waals surface area contributed by atoms with E-state index in [9.17, 15) is 30.8 Å². The number of sulfonamides is 1. The summed E-state index contributed by atoms with van der Waals surface area (Å²) < 4.78 is 86.7. The van der Waals surface area contributed by atoms with Gasteiger partial charge in [0.15, 0.2) is 0 Å². The van der Waals surface area contributed by atoms with E-state index in [1.807, 2.05) is 0 Å². The van der Waals surface area contributed by atoms with Crippen LogP contribution in [0.25, 0.3) is 0 Å². The molecular formula is C21H13Cl3F4N2O4S. The molecule has 0 saturated heterocycles. The van der Waals surface area contributed by atoms with Crippen molar-refractivity contribution in [3.8, 4) is 0 Å². The normalized spacial score (nSPS) is 12.0. The smallest absolute Gasteiger partial charge is 0.363 e. The van der Waals surface area contributed by atoms with Crippen molar-refractivity contribution >= 4 is 56.3 Å². The van der Waals surface area contributed by atoms with Gasteiger partial charge in [0, 0.05) is 13.3 Å². The first-order chi connectivity index (χ1) is 16.3. The summed E-state index contributed by atoms with van der Waals surface area (Å²) in [5.74, 6) is -2.10. The Bertz CT molecular complexity index is 1380. The fraction of sp³-hybridized carbons (Fsp3) is 0.143. The first kappa shape index (κ1) is 27.2. The number of aromatic nitrogens is 1. The van der Waals surface area contributed by atoms with E-state index in [2.05, 4.69) is 4.98 Å². The number of hydrogen-bond donors (Lipinski definition) is 0. The molecule has 0 amide bonds. The Morgan fingerprint density at radius 1 is 1.09 bits per heavy atom. The topological polar surface area (TPSA) is 76.6 Å². The van der Waals surface area contributed by atoms with Crippen LogP contribution in [0.4, 0.5) is 23.2 Å². The summed E-state index contributed by atoms with van der Waals surface area (Å²) in [6, 6.07) is 6.44. The Balaban J connectivity index is 2.24. The number of carbonyl (C=O) groups excluding carboxylic acids is 1. The van der Waals surface area contributed by atoms with Crippen LogP contribution in [0.5, 0.6) is 0 Å². The van der Waals surface area contributed by atoms with Gasteiger partial charge in [-0.25, -0.2) is 22.1 Å². The number of alkyl halides is 3. The van der Waals surface area contributed by atoms with E-state index in [-0.39, 0.29) is 10.0 Å². The van der Waals surface area contributed by atoms with E-state index in [0.29, 0.717) is 10.4 Å². The molecule has 0 fully saturated rings. The van der Waals surface area contributed by atoms with Gasteiger partial charge in [-0.05, 0) is 36.4 Å². The first-order valence-corrected chi connectivity index (χ1v) is 11.9. The van der Waals surface area contributed by atoms with E-state index in [1.54, 1.807) is 0 Å². The highest BCUT2D eigenvalue weighted by Gasteiger charge is 2.37. The molecule has 0 aliphatic carbocycles. The summed E-state index contributed by atoms with van der Waals surface area (Å²) in [4.78, 5) is 16.2. The lowest BCUT2D eigenvalue weighted by molar-refractivity contribution is -0.137. The van der Waals surface area contributed by atoms with E-state index in [0.717, 1.165) is 37.6 Å². The van der Waals surface area contributed by atoms with E-state index < -0.39 is 67.0 Å². The van der Waals surface area contributed by atoms with Crippen LogP contribution in [-0.2, 0) is 20.9 Å². The largest absolute Gasteiger partial charge is 0.417 e. The summed E-state index contributed by atoms with van der Waals surface area (Å²) in [6.45, 7) is -0.764. The van der Waals surface area contributed by atoms with Crippen molar-refractivity contribution in [3.63, 3.8) is 0 Å². The zero-order valence-electron chi connectivity index (χ0n) is 17.4. The maximum atomic E-state index is 14.4. The molecule has 35 heavy (non-hydrogen) atoms. The Hall–Kier alpha value is -2.44. The predicted molar refractivity (Wildman–Crippen MR) is 122 cm³/mol. The summed E-state index contributed by atoms with van der Waals surface area (Å²) in [7, 11) is -3.71. The number of nitrogens with zero attached hydrogens (tertiary/aromatic N) is 2. The van der Waals surface area contributed by atoms with Gasteiger partial charge in [-0.2, -0.15) is 13.2 Å². The molecule has 3 rings (SSSR count). The van der Waals surface area contributed by atoms with Gasteiger partial charge in [-0.3, -0.25) is 4.79 Å². The molecule has 0 saturated carbocycles. The van der Waals surface area contributed by atoms with Gasteiger partial charge in [0.1, 0.15) is 18.2 Å². The molecule has 0 unspecified atom stereocenters. The average molecular weight is 572 g/mol. The van der Waals surface area contributed by atoms with Gasteiger partial charge >= 0.3 is 6.18 Å². The number of rotatable bonds is 7. The van der Waals surface area contributed by atoms with Crippen LogP contribution in [0.3, 0.4) is 0 Å². The van der Waals surface area contributed by atoms with Crippen LogP contribution < -0.4 is 4.31 Å². The minimum atomic E-state index is -4.95. The van der Waals surface area contributed by atoms with E-state index in [1.165, 1.54) is 12.1 Å². The Kier molecular flexibility index (Phi) is 7.97. The molecular weight excluding hydrogens is 559 g/mol. The minimum Gasteiger partial charge on any atom is -0.363 e. The van der Waals surface area contributed by atoms with E-state index in [4.69, 9.17) is 39.5 Å². The van der Waals surface area contributed by atoms with Gasteiger partial charge < -0.3 is 4.74 Å². The highest BCUT2D eigenvalue weighted by atomic mass is 35.5. The highest BCUT2D eigenvalue weighted by molar-refractivity contribution is 7.92. The second-order valence-corrected chi connectivity index (χ2v) is 9.97. The molecule has 0 bridgehead atoms. The molecule has 14 heteroatoms. The molecule has 0 aliphatic heterocycles. The molecule has 0 aliphatic rings. The molecule has 0 radical (unpaired) electrons. The van der Waals surface area contributed by atoms with Crippen LogP contribution in [0.1, 0.15) is 21.6 Å². The Morgan fingerprint density at radius 3 is 2.37 bits per heavy atom. The standard InChI is InChI=1S/C21H13Cl3F4N2O4S/c1-34-10-30(35(32,33)12-5-6-14(23)13(8-12)21(26,27)28)17-7-11(22)9-29-19(17)20(31)18-15(24)3-2-4-16(18)25/h2-9H,10H2,1H3. The van der Waals surface area contributed by atoms with Gasteiger partial charge in [-0.15, -0.1) is 0 Å². The maximum Gasteiger partial charge on any atom is 0.417 e. The second-order valence-electron chi connectivity index (χ2n) is 6.86. The van der Waals surface area contributed by atoms with Crippen LogP contribution in [0.2, 0.25) is 15.1 Å². The van der Waals surface area contributed by atoms with Crippen LogP contribution >= 0.6 is 34.8 Å². The zero-order valence-corrected chi connectivity index (χ0v) is 20.5. The number of ether oxygens (including phenoxy) is 1. The van der Waals surface area contributed by atoms with Crippen molar-refractivity contribution in [3.05, 3.63) is 86.4 Å². The Labute approximate surface area is 212 Å². The van der Waals surface area contributed by atoms with Gasteiger partial charge in [0.05, 0.1) is 36.8 Å². The third-order valence-electron chi connectivity index (χ3n) is 4.59. The predicted octanol–water partition coefficient (Wildman–Crippen LogP) is 6.23. The van der Waals surface area contributed by atoms with Crippen molar-refractivity contribution < 1.29 is 35.5 Å². The van der Waals surface area contributed by atoms with E-state index >= 15 is 0 Å². The molecule has 186 valence electrons. The quantitative estimate of drug-likeness (QED) is 0.191. The molecule has 1 heterocycles. The fourth-order valence-electron chi connectivity index (χ4n) is 3.02. The number of hydrogen-bond acceptors (Lipinski definition) is 5. The SMILES string of the molecule is COCN(c1cc(Cl)cnc1C(=O)c1c(F)cccc1Cl)S(=O)(=O)c1ccc(Cl)c(C(F)(F)F)c1. The van der Waals surface area contributed by atoms with Gasteiger partial charge in [-0.1, -0.05) is 40.9 Å². The number of ketones is 1. The molecule has 2 aromatic carbocycles. The van der Waals surface area contributed by atoms with Crippen molar-refractivity contribution in [1.82, 2.24) is 4.98 Å². The second kappa shape index (κ2) is 10.3. The lowest BCUT2D eigenvalue weighted by Crippen LogP contribution is -2.34. The third kappa shape index (κ3) is 5.54. The first-order valence-electron chi connectivity index (χ1n) is 9.31. The zero-order chi connectivity index (χ0) is 26.1. The molecule has 1 aromatic heterocycles. The minimum absolute atomic E-state index is 0.125. The lowest BCUT2D eigenvalue weighted by atomic mass is 10.1. The molecule has 0 atom stereocenters. The average Bonchev–Trinajstić information content (AvgIpc) is 2.76. The number of halogens is 7. The van der Waals surface area contributed by atoms with Crippen molar-refractivity contribution in [2.24, 2.45) is 0 Å². The van der Waals surface area contributed by atoms with Crippen LogP contribution in [0.15, 0.2) is 53.6 Å². The third-order valence-corrected chi connectivity index (χ3v) is 7.17. The van der Waals surface area contributed by atoms with Gasteiger partial charge in [0.25, 0.3) is 10.0 Å². The molecule has 0 N–H and O–H groups in total. The number of carbonyl (C=O) groups is 1. The summed E-state index contributed by atoms with van der Waals surface area (Å²) in [6.07, 6.45) is -3.94. The van der Waals surface area contributed by atoms with Crippen molar-refractivity contribution in [2.75, 3.05) is 18.1 Å². The van der Waals surface area contributed by atoms with Crippen LogP contribution in [0, 0.1) is 5.82 Å². The summed E-state index contributed by atoms with van der Waals surface area (Å²) in [5, 5.41) is -1.12. The maximum absolute atomic E-state index is 14.4. The lowest BCUT2D eigenvalue weighted by Gasteiger charge is -2.25. The van der Waals surface area contributed by atoms with Crippen molar-refractivity contribution in [2.45, 2.75) is 11.1 Å². The number of methoxy groups -OCH3 is 1. The van der Waals surface area contributed by atoms with Gasteiger partial charge in [0.2, 0.25) is 5.78 Å². The number of pyridine rings is 1. The molecule has 6 nitrogen and oxygen atoms in total. The highest BCUT2D eigenvalue weighted by Crippen LogP contribution is 2.38. The van der Waals surface area contributed by atoms with Crippen LogP contribution in [-0.4, -0.2) is 33.0 Å². The van der Waals surface area contributed by atoms with Crippen molar-refractivity contribution in [1.29, 1.82) is 0 Å². The number of benzene rings is 2. The fourth-order valence-corrected chi connectivity index (χ4v) is 5.05. The number of anilines is 1.